The Hall–Kier alpha value is -0.357. The van der Waals surface area contributed by atoms with Crippen molar-refractivity contribution in [3.05, 3.63) is 64.2 Å². The summed E-state index contributed by atoms with van der Waals surface area (Å²) in [6.45, 7) is 11.3. The second-order valence-electron chi connectivity index (χ2n) is 7.85. The van der Waals surface area contributed by atoms with Gasteiger partial charge in [-0.1, -0.05) is 0 Å². The van der Waals surface area contributed by atoms with Crippen LogP contribution in [0.2, 0.25) is 0 Å². The van der Waals surface area contributed by atoms with E-state index in [0.717, 1.165) is 6.42 Å². The fourth-order valence-corrected chi connectivity index (χ4v) is 9.49. The quantitative estimate of drug-likeness (QED) is 0.448. The predicted molar refractivity (Wildman–Crippen MR) is 108 cm³/mol. The van der Waals surface area contributed by atoms with Crippen LogP contribution in [0, 0.1) is 6.92 Å². The van der Waals surface area contributed by atoms with Crippen LogP contribution >= 0.6 is 17.0 Å². The van der Waals surface area contributed by atoms with Crippen LogP contribution in [-0.2, 0) is 24.8 Å². The van der Waals surface area contributed by atoms with Crippen LogP contribution < -0.4 is 0 Å². The summed E-state index contributed by atoms with van der Waals surface area (Å²) in [6.07, 6.45) is 3.39. The van der Waals surface area contributed by atoms with Gasteiger partial charge in [0.15, 0.2) is 0 Å². The molecule has 1 unspecified atom stereocenters. The zero-order chi connectivity index (χ0) is 18.4. The summed E-state index contributed by atoms with van der Waals surface area (Å²) >= 11 is -2.44. The summed E-state index contributed by atoms with van der Waals surface area (Å²) in [5.74, 6) is 0. The van der Waals surface area contributed by atoms with Crippen LogP contribution in [-0.4, -0.2) is 0 Å². The zero-order valence-corrected chi connectivity index (χ0v) is 19.6. The Morgan fingerprint density at radius 1 is 1.04 bits per heavy atom. The van der Waals surface area contributed by atoms with Gasteiger partial charge >= 0.3 is 168 Å². The molecule has 0 spiro atoms. The van der Waals surface area contributed by atoms with Crippen molar-refractivity contribution in [1.82, 2.24) is 0 Å². The van der Waals surface area contributed by atoms with Crippen LogP contribution in [0.15, 0.2) is 42.0 Å². The Morgan fingerprint density at radius 2 is 1.72 bits per heavy atom. The van der Waals surface area contributed by atoms with Crippen LogP contribution in [0.1, 0.15) is 60.0 Å². The number of fused-ring (bicyclic) bond motifs is 1. The Bertz CT molecular complexity index is 828. The van der Waals surface area contributed by atoms with Gasteiger partial charge < -0.3 is 0 Å². The molecule has 2 aromatic carbocycles. The van der Waals surface area contributed by atoms with Gasteiger partial charge in [-0.3, -0.25) is 0 Å². The number of rotatable bonds is 3. The normalized spacial score (nSPS) is 16.6. The van der Waals surface area contributed by atoms with E-state index >= 15 is 0 Å². The standard InChI is InChI=1S/C22H25.2ClH.Zr/c1-6-16-13-17-11-12-20(22(3,4)5)21(19(17)14-16)18-10-8-7-9-15(18)2;;;/h7-14H,6H2,1-5H3;2*1H;/q;;;+2/p-2. The molecule has 0 fully saturated rings. The molecule has 0 amide bonds. The topological polar surface area (TPSA) is 0 Å². The van der Waals surface area contributed by atoms with Crippen LogP contribution in [0.3, 0.4) is 0 Å². The van der Waals surface area contributed by atoms with Crippen LogP contribution in [0.5, 0.6) is 0 Å². The number of benzene rings is 2. The predicted octanol–water partition coefficient (Wildman–Crippen LogP) is 7.73. The van der Waals surface area contributed by atoms with Gasteiger partial charge in [0.2, 0.25) is 0 Å². The van der Waals surface area contributed by atoms with Gasteiger partial charge in [0.05, 0.1) is 0 Å². The number of allylic oxidation sites excluding steroid dienone is 1. The van der Waals surface area contributed by atoms with Crippen molar-refractivity contribution in [3.63, 3.8) is 0 Å². The summed E-state index contributed by atoms with van der Waals surface area (Å²) in [6, 6.07) is 13.3. The number of halogens is 2. The molecule has 0 N–H and O–H groups in total. The maximum absolute atomic E-state index is 6.57. The summed E-state index contributed by atoms with van der Waals surface area (Å²) in [7, 11) is 13.1. The first-order valence-corrected chi connectivity index (χ1v) is 16.6. The van der Waals surface area contributed by atoms with Gasteiger partial charge in [0.1, 0.15) is 0 Å². The molecule has 131 valence electrons. The fourth-order valence-electron chi connectivity index (χ4n) is 3.84. The van der Waals surface area contributed by atoms with Gasteiger partial charge in [0.25, 0.3) is 0 Å². The van der Waals surface area contributed by atoms with Crippen molar-refractivity contribution < 1.29 is 19.4 Å². The molecule has 3 rings (SSSR count). The summed E-state index contributed by atoms with van der Waals surface area (Å²) in [4.78, 5) is 0. The SMILES string of the molecule is CCC1=Cc2c(ccc(C(C)(C)C)c2-c2ccccc2C)[CH]1[Zr]([Cl])[Cl]. The first kappa shape index (κ1) is 19.4. The molecular weight excluding hydrogens is 426 g/mol. The Kier molecular flexibility index (Phi) is 5.70. The van der Waals surface area contributed by atoms with Gasteiger partial charge in [0, 0.05) is 0 Å². The van der Waals surface area contributed by atoms with Gasteiger partial charge in [-0.25, -0.2) is 0 Å². The summed E-state index contributed by atoms with van der Waals surface area (Å²) in [5.41, 5.74) is 9.59. The average molecular weight is 452 g/mol. The second kappa shape index (κ2) is 7.34. The first-order chi connectivity index (χ1) is 11.8. The maximum atomic E-state index is 6.57. The molecule has 1 aliphatic rings. The first-order valence-electron chi connectivity index (χ1n) is 8.87. The van der Waals surface area contributed by atoms with Crippen molar-refractivity contribution >= 4 is 23.1 Å². The second-order valence-corrected chi connectivity index (χ2v) is 16.7. The van der Waals surface area contributed by atoms with Crippen molar-refractivity contribution in [1.29, 1.82) is 0 Å². The molecule has 0 heterocycles. The van der Waals surface area contributed by atoms with E-state index in [4.69, 9.17) is 17.0 Å². The molecule has 0 bridgehead atoms. The molecule has 1 atom stereocenters. The molecule has 0 nitrogen and oxygen atoms in total. The molecule has 0 saturated carbocycles. The van der Waals surface area contributed by atoms with Gasteiger partial charge in [-0.2, -0.15) is 0 Å². The van der Waals surface area contributed by atoms with E-state index in [2.05, 4.69) is 77.1 Å². The van der Waals surface area contributed by atoms with Crippen molar-refractivity contribution in [2.45, 2.75) is 50.1 Å². The van der Waals surface area contributed by atoms with E-state index in [0.29, 0.717) is 3.63 Å². The van der Waals surface area contributed by atoms with E-state index in [-0.39, 0.29) is 5.41 Å². The monoisotopic (exact) mass is 449 g/mol. The van der Waals surface area contributed by atoms with Gasteiger partial charge in [-0.05, 0) is 0 Å². The van der Waals surface area contributed by atoms with Crippen molar-refractivity contribution in [3.8, 4) is 11.1 Å². The molecule has 3 heteroatoms. The molecule has 2 aromatic rings. The van der Waals surface area contributed by atoms with Crippen LogP contribution in [0.4, 0.5) is 0 Å². The molecule has 1 aliphatic carbocycles. The van der Waals surface area contributed by atoms with Crippen molar-refractivity contribution in [2.75, 3.05) is 0 Å². The number of hydrogen-bond acceptors (Lipinski definition) is 0. The molecule has 0 radical (unpaired) electrons. The summed E-state index contributed by atoms with van der Waals surface area (Å²) in [5, 5.41) is 0. The molecular formula is C22H25Cl2Zr. The Balaban J connectivity index is 2.36. The molecule has 0 aromatic heterocycles. The molecule has 0 saturated heterocycles. The van der Waals surface area contributed by atoms with Crippen molar-refractivity contribution in [2.24, 2.45) is 0 Å². The average Bonchev–Trinajstić information content (AvgIpc) is 2.92. The minimum atomic E-state index is -2.44. The fraction of sp³-hybridized carbons (Fsp3) is 0.364. The van der Waals surface area contributed by atoms with E-state index < -0.39 is 19.4 Å². The minimum absolute atomic E-state index is 0.0778. The zero-order valence-electron chi connectivity index (χ0n) is 15.6. The third kappa shape index (κ3) is 3.58. The van der Waals surface area contributed by atoms with E-state index in [1.807, 2.05) is 0 Å². The van der Waals surface area contributed by atoms with E-state index in [1.165, 1.54) is 39.0 Å². The van der Waals surface area contributed by atoms with E-state index in [1.54, 1.807) is 0 Å². The summed E-state index contributed by atoms with van der Waals surface area (Å²) < 4.78 is 0.294. The Morgan fingerprint density at radius 3 is 2.28 bits per heavy atom. The van der Waals surface area contributed by atoms with Crippen LogP contribution in [0.25, 0.3) is 17.2 Å². The number of hydrogen-bond donors (Lipinski definition) is 0. The third-order valence-corrected chi connectivity index (χ3v) is 10.5. The van der Waals surface area contributed by atoms with Gasteiger partial charge in [-0.15, -0.1) is 0 Å². The third-order valence-electron chi connectivity index (χ3n) is 5.14. The Labute approximate surface area is 167 Å². The molecule has 25 heavy (non-hydrogen) atoms. The number of aryl methyl sites for hydroxylation is 1. The molecule has 0 aliphatic heterocycles. The van der Waals surface area contributed by atoms with E-state index in [9.17, 15) is 0 Å².